The minimum Gasteiger partial charge on any atom is -0.484 e. The Morgan fingerprint density at radius 1 is 0.933 bits per heavy atom. The molecule has 156 valence electrons. The Labute approximate surface area is 173 Å². The molecule has 2 rings (SSSR count). The maximum atomic E-state index is 12.3. The average molecular weight is 410 g/mol. The number of nitrogens with one attached hydrogen (secondary N) is 2. The molecular formula is C21H22N4O5. The van der Waals surface area contributed by atoms with Crippen molar-refractivity contribution < 1.29 is 23.9 Å². The molecule has 0 unspecified atom stereocenters. The molecule has 0 aliphatic rings. The average Bonchev–Trinajstić information content (AvgIpc) is 2.71. The van der Waals surface area contributed by atoms with Gasteiger partial charge in [0.05, 0.1) is 11.3 Å². The summed E-state index contributed by atoms with van der Waals surface area (Å²) in [6.07, 6.45) is 2.93. The molecule has 9 heteroatoms. The first-order valence-corrected chi connectivity index (χ1v) is 9.01. The van der Waals surface area contributed by atoms with Crippen LogP contribution in [0.5, 0.6) is 5.75 Å². The van der Waals surface area contributed by atoms with Gasteiger partial charge in [-0.25, -0.2) is 0 Å². The molecule has 0 radical (unpaired) electrons. The van der Waals surface area contributed by atoms with Crippen molar-refractivity contribution in [2.75, 3.05) is 18.5 Å². The molecule has 0 aromatic heterocycles. The van der Waals surface area contributed by atoms with Gasteiger partial charge < -0.3 is 26.8 Å². The predicted molar refractivity (Wildman–Crippen MR) is 111 cm³/mol. The van der Waals surface area contributed by atoms with E-state index in [4.69, 9.17) is 16.2 Å². The minimum atomic E-state index is -0.572. The second-order valence-electron chi connectivity index (χ2n) is 6.16. The van der Waals surface area contributed by atoms with Crippen LogP contribution in [-0.2, 0) is 14.4 Å². The van der Waals surface area contributed by atoms with E-state index >= 15 is 0 Å². The molecule has 4 amide bonds. The lowest BCUT2D eigenvalue weighted by atomic mass is 10.1. The smallest absolute Gasteiger partial charge is 0.255 e. The quantitative estimate of drug-likeness (QED) is 0.427. The Morgan fingerprint density at radius 2 is 1.63 bits per heavy atom. The summed E-state index contributed by atoms with van der Waals surface area (Å²) >= 11 is 0. The van der Waals surface area contributed by atoms with E-state index in [1.165, 1.54) is 6.08 Å². The molecule has 0 heterocycles. The number of carbonyl (C=O) groups is 4. The Balaban J connectivity index is 1.96. The summed E-state index contributed by atoms with van der Waals surface area (Å²) < 4.78 is 5.16. The number of carbonyl (C=O) groups excluding carboxylic acids is 4. The Kier molecular flexibility index (Phi) is 8.13. The number of amides is 4. The highest BCUT2D eigenvalue weighted by Crippen LogP contribution is 2.16. The maximum absolute atomic E-state index is 12.3. The maximum Gasteiger partial charge on any atom is 0.255 e. The van der Waals surface area contributed by atoms with E-state index in [0.29, 0.717) is 11.4 Å². The molecule has 2 aromatic carbocycles. The third kappa shape index (κ3) is 7.47. The van der Waals surface area contributed by atoms with Gasteiger partial charge >= 0.3 is 0 Å². The van der Waals surface area contributed by atoms with Crippen molar-refractivity contribution in [2.24, 2.45) is 11.5 Å². The zero-order valence-electron chi connectivity index (χ0n) is 16.1. The molecule has 0 saturated carbocycles. The van der Waals surface area contributed by atoms with Crippen LogP contribution in [0.15, 0.2) is 54.6 Å². The normalized spacial score (nSPS) is 10.4. The molecule has 6 N–H and O–H groups in total. The first-order chi connectivity index (χ1) is 14.3. The van der Waals surface area contributed by atoms with Crippen molar-refractivity contribution in [3.8, 4) is 5.75 Å². The Hall–Kier alpha value is -4.14. The van der Waals surface area contributed by atoms with E-state index < -0.39 is 23.6 Å². The second-order valence-corrected chi connectivity index (χ2v) is 6.16. The third-order valence-corrected chi connectivity index (χ3v) is 3.77. The standard InChI is InChI=1S/C21H22N4O5/c22-18(26)11-12-24-21(29)16-3-1-2-4-17(16)25-20(28)10-7-14-5-8-15(9-6-14)30-13-19(23)27/h1-10H,11-13H2,(H2,22,26)(H2,23,27)(H,24,29)(H,25,28)/b10-7+. The van der Waals surface area contributed by atoms with E-state index in [9.17, 15) is 19.2 Å². The van der Waals surface area contributed by atoms with Crippen LogP contribution in [0.4, 0.5) is 5.69 Å². The van der Waals surface area contributed by atoms with Crippen LogP contribution in [0, 0.1) is 0 Å². The highest BCUT2D eigenvalue weighted by molar-refractivity contribution is 6.07. The molecule has 0 saturated heterocycles. The molecule has 0 spiro atoms. The number of nitrogens with two attached hydrogens (primary N) is 2. The van der Waals surface area contributed by atoms with E-state index in [0.717, 1.165) is 5.56 Å². The summed E-state index contributed by atoms with van der Waals surface area (Å²) in [5, 5.41) is 5.23. The molecule has 0 aliphatic heterocycles. The van der Waals surface area contributed by atoms with E-state index in [1.807, 2.05) is 0 Å². The van der Waals surface area contributed by atoms with Crippen LogP contribution in [0.1, 0.15) is 22.3 Å². The minimum absolute atomic E-state index is 0.0232. The summed E-state index contributed by atoms with van der Waals surface area (Å²) in [6.45, 7) is -0.109. The van der Waals surface area contributed by atoms with Crippen molar-refractivity contribution in [3.63, 3.8) is 0 Å². The summed E-state index contributed by atoms with van der Waals surface area (Å²) in [4.78, 5) is 46.0. The van der Waals surface area contributed by atoms with Crippen molar-refractivity contribution in [1.82, 2.24) is 5.32 Å². The number of anilines is 1. The molecule has 0 aliphatic carbocycles. The van der Waals surface area contributed by atoms with Crippen LogP contribution in [-0.4, -0.2) is 36.8 Å². The molecule has 0 atom stereocenters. The Bertz CT molecular complexity index is 954. The first-order valence-electron chi connectivity index (χ1n) is 9.01. The molecular weight excluding hydrogens is 388 g/mol. The zero-order valence-corrected chi connectivity index (χ0v) is 16.1. The summed E-state index contributed by atoms with van der Waals surface area (Å²) in [6, 6.07) is 13.2. The highest BCUT2D eigenvalue weighted by Gasteiger charge is 2.12. The number of hydrogen-bond donors (Lipinski definition) is 4. The number of para-hydroxylation sites is 1. The molecule has 0 fully saturated rings. The molecule has 9 nitrogen and oxygen atoms in total. The number of benzene rings is 2. The van der Waals surface area contributed by atoms with Gasteiger partial charge in [-0.15, -0.1) is 0 Å². The number of ether oxygens (including phenoxy) is 1. The third-order valence-electron chi connectivity index (χ3n) is 3.77. The van der Waals surface area contributed by atoms with Crippen molar-refractivity contribution >= 4 is 35.4 Å². The SMILES string of the molecule is NC(=O)CCNC(=O)c1ccccc1NC(=O)/C=C/c1ccc(OCC(N)=O)cc1. The lowest BCUT2D eigenvalue weighted by Gasteiger charge is -2.10. The molecule has 0 bridgehead atoms. The summed E-state index contributed by atoms with van der Waals surface area (Å²) in [5.74, 6) is -1.47. The van der Waals surface area contributed by atoms with Gasteiger partial charge in [0.1, 0.15) is 5.75 Å². The zero-order chi connectivity index (χ0) is 21.9. The fourth-order valence-electron chi connectivity index (χ4n) is 2.36. The van der Waals surface area contributed by atoms with Gasteiger partial charge in [0.15, 0.2) is 6.61 Å². The topological polar surface area (TPSA) is 154 Å². The van der Waals surface area contributed by atoms with Crippen LogP contribution < -0.4 is 26.8 Å². The fraction of sp³-hybridized carbons (Fsp3) is 0.143. The van der Waals surface area contributed by atoms with Crippen LogP contribution in [0.2, 0.25) is 0 Å². The van der Waals surface area contributed by atoms with Crippen LogP contribution in [0.3, 0.4) is 0 Å². The van der Waals surface area contributed by atoms with Gasteiger partial charge in [0.2, 0.25) is 11.8 Å². The first kappa shape index (κ1) is 22.2. The molecule has 2 aromatic rings. The number of primary amides is 2. The van der Waals surface area contributed by atoms with E-state index in [-0.39, 0.29) is 25.1 Å². The van der Waals surface area contributed by atoms with E-state index in [2.05, 4.69) is 10.6 Å². The van der Waals surface area contributed by atoms with Gasteiger partial charge in [-0.05, 0) is 35.9 Å². The van der Waals surface area contributed by atoms with Crippen molar-refractivity contribution in [1.29, 1.82) is 0 Å². The van der Waals surface area contributed by atoms with Gasteiger partial charge in [0, 0.05) is 19.0 Å². The summed E-state index contributed by atoms with van der Waals surface area (Å²) in [7, 11) is 0. The predicted octanol–water partition coefficient (Wildman–Crippen LogP) is 0.808. The Morgan fingerprint density at radius 3 is 2.30 bits per heavy atom. The van der Waals surface area contributed by atoms with Gasteiger partial charge in [-0.3, -0.25) is 19.2 Å². The molecule has 30 heavy (non-hydrogen) atoms. The van der Waals surface area contributed by atoms with Gasteiger partial charge in [0.25, 0.3) is 11.8 Å². The second kappa shape index (κ2) is 11.0. The number of hydrogen-bond acceptors (Lipinski definition) is 5. The lowest BCUT2D eigenvalue weighted by molar-refractivity contribution is -0.120. The van der Waals surface area contributed by atoms with Gasteiger partial charge in [-0.2, -0.15) is 0 Å². The lowest BCUT2D eigenvalue weighted by Crippen LogP contribution is -2.28. The number of rotatable bonds is 10. The summed E-state index contributed by atoms with van der Waals surface area (Å²) in [5.41, 5.74) is 11.4. The fourth-order valence-corrected chi connectivity index (χ4v) is 2.36. The van der Waals surface area contributed by atoms with Crippen molar-refractivity contribution in [3.05, 3.63) is 65.7 Å². The van der Waals surface area contributed by atoms with Crippen LogP contribution in [0.25, 0.3) is 6.08 Å². The van der Waals surface area contributed by atoms with Crippen molar-refractivity contribution in [2.45, 2.75) is 6.42 Å². The van der Waals surface area contributed by atoms with E-state index in [1.54, 1.807) is 54.6 Å². The highest BCUT2D eigenvalue weighted by atomic mass is 16.5. The van der Waals surface area contributed by atoms with Crippen LogP contribution >= 0.6 is 0 Å². The largest absolute Gasteiger partial charge is 0.484 e. The van der Waals surface area contributed by atoms with Gasteiger partial charge in [-0.1, -0.05) is 24.3 Å². The monoisotopic (exact) mass is 410 g/mol.